The molecule has 2 aliphatic rings. The van der Waals surface area contributed by atoms with Gasteiger partial charge in [0.25, 0.3) is 0 Å². The van der Waals surface area contributed by atoms with Gasteiger partial charge in [0.15, 0.2) is 5.79 Å². The maximum Gasteiger partial charge on any atom is 0.350 e. The molecule has 0 N–H and O–H groups in total. The molecule has 0 radical (unpaired) electrons. The number of ether oxygens (including phenoxy) is 3. The predicted octanol–water partition coefficient (Wildman–Crippen LogP) is 6.31. The minimum absolute atomic E-state index is 0.0725. The molecule has 3 aromatic carbocycles. The molecule has 0 aliphatic carbocycles. The zero-order chi connectivity index (χ0) is 30.8. The van der Waals surface area contributed by atoms with Crippen molar-refractivity contribution in [3.8, 4) is 11.4 Å². The molecule has 11 heteroatoms. The van der Waals surface area contributed by atoms with Crippen LogP contribution in [0.2, 0.25) is 10.0 Å². The highest BCUT2D eigenvalue weighted by molar-refractivity contribution is 6.35. The molecule has 0 saturated carbocycles. The molecule has 9 nitrogen and oxygen atoms in total. The van der Waals surface area contributed by atoms with Crippen LogP contribution in [0.15, 0.2) is 77.9 Å². The van der Waals surface area contributed by atoms with E-state index in [0.717, 1.165) is 61.0 Å². The van der Waals surface area contributed by atoms with Gasteiger partial charge in [-0.05, 0) is 80.9 Å². The second-order valence-electron chi connectivity index (χ2n) is 11.4. The third-order valence-corrected chi connectivity index (χ3v) is 9.02. The molecule has 0 amide bonds. The summed E-state index contributed by atoms with van der Waals surface area (Å²) in [6.45, 7) is 10.3. The Morgan fingerprint density at radius 2 is 1.57 bits per heavy atom. The van der Waals surface area contributed by atoms with Crippen LogP contribution in [0.3, 0.4) is 0 Å². The maximum atomic E-state index is 12.8. The molecule has 1 aromatic heterocycles. The number of piperazine rings is 1. The molecule has 44 heavy (non-hydrogen) atoms. The van der Waals surface area contributed by atoms with Crippen molar-refractivity contribution in [1.82, 2.24) is 14.3 Å². The number of rotatable bonds is 9. The van der Waals surface area contributed by atoms with E-state index in [2.05, 4.69) is 39.2 Å². The van der Waals surface area contributed by atoms with E-state index in [1.54, 1.807) is 27.7 Å². The highest BCUT2D eigenvalue weighted by Gasteiger charge is 2.40. The Balaban J connectivity index is 0.991. The van der Waals surface area contributed by atoms with E-state index < -0.39 is 5.79 Å². The molecule has 3 atom stereocenters. The first kappa shape index (κ1) is 30.5. The number of nitrogens with zero attached hydrogens (tertiary/aromatic N) is 5. The smallest absolute Gasteiger partial charge is 0.350 e. The molecule has 232 valence electrons. The number of halogens is 2. The fourth-order valence-corrected chi connectivity index (χ4v) is 6.26. The van der Waals surface area contributed by atoms with E-state index in [4.69, 9.17) is 37.4 Å². The van der Waals surface area contributed by atoms with Gasteiger partial charge in [-0.2, -0.15) is 5.10 Å². The Hall–Kier alpha value is -3.50. The van der Waals surface area contributed by atoms with Crippen LogP contribution in [0.5, 0.6) is 5.75 Å². The third-order valence-electron chi connectivity index (χ3n) is 8.47. The molecular formula is C33H37Cl2N5O4. The average molecular weight is 639 g/mol. The van der Waals surface area contributed by atoms with Crippen molar-refractivity contribution < 1.29 is 14.2 Å². The van der Waals surface area contributed by atoms with E-state index in [1.807, 2.05) is 51.1 Å². The van der Waals surface area contributed by atoms with Crippen molar-refractivity contribution in [2.45, 2.75) is 45.1 Å². The van der Waals surface area contributed by atoms with Crippen molar-refractivity contribution in [2.24, 2.45) is 0 Å². The Morgan fingerprint density at radius 1 is 0.955 bits per heavy atom. The van der Waals surface area contributed by atoms with Gasteiger partial charge < -0.3 is 24.0 Å². The van der Waals surface area contributed by atoms with Gasteiger partial charge in [0, 0.05) is 48.1 Å². The normalized spacial score (nSPS) is 21.1. The lowest BCUT2D eigenvalue weighted by atomic mass is 10.1. The summed E-state index contributed by atoms with van der Waals surface area (Å²) < 4.78 is 21.3. The molecule has 2 aliphatic heterocycles. The van der Waals surface area contributed by atoms with Crippen molar-refractivity contribution in [2.75, 3.05) is 49.2 Å². The summed E-state index contributed by atoms with van der Waals surface area (Å²) in [6, 6.07) is 21.7. The summed E-state index contributed by atoms with van der Waals surface area (Å²) in [4.78, 5) is 17.5. The number of benzene rings is 3. The fourth-order valence-electron chi connectivity index (χ4n) is 5.68. The number of hydrogen-bond donors (Lipinski definition) is 0. The van der Waals surface area contributed by atoms with Crippen LogP contribution in [0.25, 0.3) is 5.69 Å². The molecule has 2 saturated heterocycles. The number of aromatic nitrogens is 3. The summed E-state index contributed by atoms with van der Waals surface area (Å²) in [6.07, 6.45) is 2.23. The zero-order valence-electron chi connectivity index (χ0n) is 25.2. The van der Waals surface area contributed by atoms with E-state index in [9.17, 15) is 4.79 Å². The lowest BCUT2D eigenvalue weighted by Crippen LogP contribution is -2.46. The van der Waals surface area contributed by atoms with E-state index in [1.165, 1.54) is 0 Å². The van der Waals surface area contributed by atoms with E-state index >= 15 is 0 Å². The summed E-state index contributed by atoms with van der Waals surface area (Å²) in [5.74, 6) is -0.163. The monoisotopic (exact) mass is 637 g/mol. The summed E-state index contributed by atoms with van der Waals surface area (Å²) in [5, 5.41) is 5.37. The SMILES string of the molecule is CC[C@@H](C)n1ncn(-c2ccc(N3CCN(c4ccc(OC[C@H]5CO[C@](C)(c6ccc(Cl)cc6Cl)O5)cc4)CC3)cc2)c1=O. The minimum Gasteiger partial charge on any atom is -0.491 e. The van der Waals surface area contributed by atoms with Gasteiger partial charge in [0.2, 0.25) is 0 Å². The lowest BCUT2D eigenvalue weighted by molar-refractivity contribution is -0.164. The Morgan fingerprint density at radius 3 is 2.18 bits per heavy atom. The third kappa shape index (κ3) is 6.33. The Labute approximate surface area is 267 Å². The minimum atomic E-state index is -0.944. The van der Waals surface area contributed by atoms with Crippen LogP contribution >= 0.6 is 23.2 Å². The van der Waals surface area contributed by atoms with Gasteiger partial charge in [-0.25, -0.2) is 14.0 Å². The van der Waals surface area contributed by atoms with Crippen LogP contribution < -0.4 is 20.2 Å². The largest absolute Gasteiger partial charge is 0.491 e. The van der Waals surface area contributed by atoms with Gasteiger partial charge in [0.05, 0.1) is 23.4 Å². The van der Waals surface area contributed by atoms with E-state index in [-0.39, 0.29) is 17.8 Å². The summed E-state index contributed by atoms with van der Waals surface area (Å²) in [7, 11) is 0. The quantitative estimate of drug-likeness (QED) is 0.213. The number of anilines is 2. The van der Waals surface area contributed by atoms with Gasteiger partial charge in [-0.1, -0.05) is 36.2 Å². The van der Waals surface area contributed by atoms with Crippen LogP contribution in [-0.2, 0) is 15.3 Å². The molecule has 3 heterocycles. The van der Waals surface area contributed by atoms with Gasteiger partial charge >= 0.3 is 5.69 Å². The molecule has 2 fully saturated rings. The molecule has 4 aromatic rings. The molecular weight excluding hydrogens is 601 g/mol. The van der Waals surface area contributed by atoms with Crippen LogP contribution in [0, 0.1) is 0 Å². The second-order valence-corrected chi connectivity index (χ2v) is 12.2. The summed E-state index contributed by atoms with van der Waals surface area (Å²) >= 11 is 12.4. The standard InChI is InChI=1S/C33H37Cl2N5O4/c1-4-23(2)40-32(41)39(22-36-40)27-8-6-25(7-9-27)37-15-17-38(18-16-37)26-10-12-28(13-11-26)42-20-29-21-43-33(3,44-29)30-14-5-24(34)19-31(30)35/h5-14,19,22-23,29H,4,15-18,20-21H2,1-3H3/t23-,29+,33+/m1/s1. The Kier molecular flexibility index (Phi) is 8.91. The highest BCUT2D eigenvalue weighted by Crippen LogP contribution is 2.38. The predicted molar refractivity (Wildman–Crippen MR) is 174 cm³/mol. The van der Waals surface area contributed by atoms with Crippen LogP contribution in [-0.4, -0.2) is 59.8 Å². The number of hydrogen-bond acceptors (Lipinski definition) is 7. The maximum absolute atomic E-state index is 12.8. The van der Waals surface area contributed by atoms with E-state index in [0.29, 0.717) is 23.3 Å². The summed E-state index contributed by atoms with van der Waals surface area (Å²) in [5.41, 5.74) is 3.76. The molecule has 0 unspecified atom stereocenters. The first-order chi connectivity index (χ1) is 21.2. The highest BCUT2D eigenvalue weighted by atomic mass is 35.5. The van der Waals surface area contributed by atoms with Crippen LogP contribution in [0.1, 0.15) is 38.8 Å². The van der Waals surface area contributed by atoms with Gasteiger partial charge in [-0.3, -0.25) is 0 Å². The second kappa shape index (κ2) is 12.9. The molecule has 0 spiro atoms. The van der Waals surface area contributed by atoms with Crippen molar-refractivity contribution in [3.63, 3.8) is 0 Å². The van der Waals surface area contributed by atoms with Gasteiger partial charge in [0.1, 0.15) is 24.8 Å². The fraction of sp³-hybridized carbons (Fsp3) is 0.394. The van der Waals surface area contributed by atoms with Crippen molar-refractivity contribution >= 4 is 34.6 Å². The Bertz CT molecular complexity index is 1630. The molecule has 6 rings (SSSR count). The van der Waals surface area contributed by atoms with Gasteiger partial charge in [-0.15, -0.1) is 0 Å². The first-order valence-electron chi connectivity index (χ1n) is 15.0. The van der Waals surface area contributed by atoms with Crippen LogP contribution in [0.4, 0.5) is 11.4 Å². The molecule has 0 bridgehead atoms. The zero-order valence-corrected chi connectivity index (χ0v) is 26.7. The van der Waals surface area contributed by atoms with Crippen molar-refractivity contribution in [3.05, 3.63) is 99.2 Å². The lowest BCUT2D eigenvalue weighted by Gasteiger charge is -2.37. The first-order valence-corrected chi connectivity index (χ1v) is 15.8. The topological polar surface area (TPSA) is 74.0 Å². The van der Waals surface area contributed by atoms with Crippen molar-refractivity contribution in [1.29, 1.82) is 0 Å². The average Bonchev–Trinajstić information content (AvgIpc) is 3.62.